The minimum absolute atomic E-state index is 0.0198. The number of unbranched alkanes of at least 4 members (excludes halogenated alkanes) is 4. The van der Waals surface area contributed by atoms with Gasteiger partial charge in [-0.1, -0.05) is 69.9 Å². The molecule has 0 atom stereocenters. The van der Waals surface area contributed by atoms with Crippen LogP contribution in [0.5, 0.6) is 11.5 Å². The molecule has 2 rings (SSSR count). The van der Waals surface area contributed by atoms with Gasteiger partial charge in [0, 0.05) is 11.6 Å². The fraction of sp³-hybridized carbons (Fsp3) is 0.435. The number of hydrogen-bond donors (Lipinski definition) is 0. The zero-order valence-electron chi connectivity index (χ0n) is 16.0. The van der Waals surface area contributed by atoms with Crippen LogP contribution in [0.2, 0.25) is 0 Å². The van der Waals surface area contributed by atoms with Crippen molar-refractivity contribution in [1.29, 1.82) is 0 Å². The van der Waals surface area contributed by atoms with Crippen LogP contribution in [0.15, 0.2) is 48.5 Å². The highest BCUT2D eigenvalue weighted by Gasteiger charge is 2.16. The molecule has 0 aromatic heterocycles. The van der Waals surface area contributed by atoms with Crippen molar-refractivity contribution in [1.82, 2.24) is 0 Å². The van der Waals surface area contributed by atoms with Crippen LogP contribution < -0.4 is 9.47 Å². The first-order valence-electron chi connectivity index (χ1n) is 9.75. The second-order valence-electron chi connectivity index (χ2n) is 6.46. The van der Waals surface area contributed by atoms with E-state index in [1.165, 1.54) is 6.42 Å². The van der Waals surface area contributed by atoms with Crippen molar-refractivity contribution in [2.45, 2.75) is 52.4 Å². The molecule has 0 aliphatic carbocycles. The van der Waals surface area contributed by atoms with Crippen LogP contribution in [0.25, 0.3) is 0 Å². The smallest absolute Gasteiger partial charge is 0.196 e. The molecule has 2 aromatic carbocycles. The SMILES string of the molecule is CCCCCOc1ccc(C(=O)c2ccccc2)c(OCCCCC)c1. The van der Waals surface area contributed by atoms with Gasteiger partial charge in [-0.05, 0) is 25.0 Å². The molecule has 140 valence electrons. The first-order chi connectivity index (χ1) is 12.8. The second kappa shape index (κ2) is 11.3. The molecule has 3 nitrogen and oxygen atoms in total. The Labute approximate surface area is 157 Å². The van der Waals surface area contributed by atoms with Crippen LogP contribution in [0, 0.1) is 0 Å². The van der Waals surface area contributed by atoms with Gasteiger partial charge in [0.15, 0.2) is 5.78 Å². The first-order valence-corrected chi connectivity index (χ1v) is 9.75. The first kappa shape index (κ1) is 20.0. The third-order valence-corrected chi connectivity index (χ3v) is 4.26. The van der Waals surface area contributed by atoms with Gasteiger partial charge in [-0.2, -0.15) is 0 Å². The van der Waals surface area contributed by atoms with E-state index in [4.69, 9.17) is 9.47 Å². The van der Waals surface area contributed by atoms with Crippen molar-refractivity contribution in [3.8, 4) is 11.5 Å². The van der Waals surface area contributed by atoms with Gasteiger partial charge in [-0.3, -0.25) is 4.79 Å². The molecular weight excluding hydrogens is 324 g/mol. The maximum atomic E-state index is 12.8. The number of ether oxygens (including phenoxy) is 2. The molecule has 0 bridgehead atoms. The van der Waals surface area contributed by atoms with E-state index in [2.05, 4.69) is 13.8 Å². The Morgan fingerprint density at radius 3 is 2.12 bits per heavy atom. The highest BCUT2D eigenvalue weighted by molar-refractivity contribution is 6.10. The van der Waals surface area contributed by atoms with Gasteiger partial charge in [0.1, 0.15) is 11.5 Å². The van der Waals surface area contributed by atoms with Crippen molar-refractivity contribution < 1.29 is 14.3 Å². The van der Waals surface area contributed by atoms with Gasteiger partial charge in [-0.15, -0.1) is 0 Å². The minimum atomic E-state index is -0.0198. The van der Waals surface area contributed by atoms with Gasteiger partial charge >= 0.3 is 0 Å². The fourth-order valence-electron chi connectivity index (χ4n) is 2.72. The topological polar surface area (TPSA) is 35.5 Å². The molecule has 0 radical (unpaired) electrons. The molecule has 3 heteroatoms. The van der Waals surface area contributed by atoms with E-state index in [1.54, 1.807) is 0 Å². The molecule has 0 amide bonds. The highest BCUT2D eigenvalue weighted by Crippen LogP contribution is 2.28. The number of hydrogen-bond acceptors (Lipinski definition) is 3. The summed E-state index contributed by atoms with van der Waals surface area (Å²) in [6.07, 6.45) is 6.60. The summed E-state index contributed by atoms with van der Waals surface area (Å²) in [5.41, 5.74) is 1.26. The van der Waals surface area contributed by atoms with Crippen LogP contribution >= 0.6 is 0 Å². The molecule has 0 heterocycles. The maximum Gasteiger partial charge on any atom is 0.196 e. The van der Waals surface area contributed by atoms with Crippen LogP contribution in [0.3, 0.4) is 0 Å². The van der Waals surface area contributed by atoms with E-state index in [9.17, 15) is 4.79 Å². The van der Waals surface area contributed by atoms with Crippen LogP contribution in [0.1, 0.15) is 68.3 Å². The summed E-state index contributed by atoms with van der Waals surface area (Å²) in [5, 5.41) is 0. The Morgan fingerprint density at radius 2 is 1.46 bits per heavy atom. The van der Waals surface area contributed by atoms with Gasteiger partial charge in [0.05, 0.1) is 18.8 Å². The Kier molecular flexibility index (Phi) is 8.74. The van der Waals surface area contributed by atoms with Crippen LogP contribution in [0.4, 0.5) is 0 Å². The Balaban J connectivity index is 2.14. The summed E-state index contributed by atoms with van der Waals surface area (Å²) in [6.45, 7) is 5.64. The highest BCUT2D eigenvalue weighted by atomic mass is 16.5. The normalized spacial score (nSPS) is 10.5. The van der Waals surface area contributed by atoms with Crippen molar-refractivity contribution >= 4 is 5.78 Å². The molecule has 0 fully saturated rings. The number of rotatable bonds is 12. The molecule has 0 saturated carbocycles. The summed E-state index contributed by atoms with van der Waals surface area (Å²) < 4.78 is 11.8. The lowest BCUT2D eigenvalue weighted by Gasteiger charge is -2.13. The maximum absolute atomic E-state index is 12.8. The third-order valence-electron chi connectivity index (χ3n) is 4.26. The Hall–Kier alpha value is -2.29. The second-order valence-corrected chi connectivity index (χ2v) is 6.46. The van der Waals surface area contributed by atoms with Crippen LogP contribution in [-0.2, 0) is 0 Å². The Bertz CT molecular complexity index is 664. The number of carbonyl (C=O) groups is 1. The van der Waals surface area contributed by atoms with Crippen molar-refractivity contribution in [2.24, 2.45) is 0 Å². The van der Waals surface area contributed by atoms with Gasteiger partial charge in [-0.25, -0.2) is 0 Å². The van der Waals surface area contributed by atoms with Gasteiger partial charge < -0.3 is 9.47 Å². The average molecular weight is 354 g/mol. The molecule has 0 unspecified atom stereocenters. The summed E-state index contributed by atoms with van der Waals surface area (Å²) in [6, 6.07) is 14.9. The van der Waals surface area contributed by atoms with Gasteiger partial charge in [0.25, 0.3) is 0 Å². The van der Waals surface area contributed by atoms with Crippen LogP contribution in [-0.4, -0.2) is 19.0 Å². The summed E-state index contributed by atoms with van der Waals surface area (Å²) in [5.74, 6) is 1.35. The summed E-state index contributed by atoms with van der Waals surface area (Å²) >= 11 is 0. The van der Waals surface area contributed by atoms with E-state index in [0.717, 1.165) is 37.9 Å². The fourth-order valence-corrected chi connectivity index (χ4v) is 2.72. The lowest BCUT2D eigenvalue weighted by atomic mass is 10.0. The van der Waals surface area contributed by atoms with Gasteiger partial charge in [0.2, 0.25) is 0 Å². The number of carbonyl (C=O) groups excluding carboxylic acids is 1. The minimum Gasteiger partial charge on any atom is -0.493 e. The molecule has 0 aliphatic rings. The number of benzene rings is 2. The zero-order valence-corrected chi connectivity index (χ0v) is 16.0. The lowest BCUT2D eigenvalue weighted by Crippen LogP contribution is -2.07. The number of ketones is 1. The standard InChI is InChI=1S/C23H30O3/c1-3-5-10-16-25-20-14-15-21(22(18-20)26-17-11-6-4-2)23(24)19-12-8-7-9-13-19/h7-9,12-15,18H,3-6,10-11,16-17H2,1-2H3. The van der Waals surface area contributed by atoms with Crippen molar-refractivity contribution in [3.05, 3.63) is 59.7 Å². The zero-order chi connectivity index (χ0) is 18.6. The molecular formula is C23H30O3. The predicted molar refractivity (Wildman–Crippen MR) is 106 cm³/mol. The quantitative estimate of drug-likeness (QED) is 0.343. The largest absolute Gasteiger partial charge is 0.493 e. The summed E-state index contributed by atoms with van der Waals surface area (Å²) in [7, 11) is 0. The lowest BCUT2D eigenvalue weighted by molar-refractivity contribution is 0.103. The molecule has 2 aromatic rings. The Morgan fingerprint density at radius 1 is 0.808 bits per heavy atom. The monoisotopic (exact) mass is 354 g/mol. The molecule has 0 N–H and O–H groups in total. The molecule has 26 heavy (non-hydrogen) atoms. The van der Waals surface area contributed by atoms with E-state index in [1.807, 2.05) is 48.5 Å². The predicted octanol–water partition coefficient (Wildman–Crippen LogP) is 6.06. The van der Waals surface area contributed by atoms with Crippen molar-refractivity contribution in [3.63, 3.8) is 0 Å². The summed E-state index contributed by atoms with van der Waals surface area (Å²) in [4.78, 5) is 12.8. The van der Waals surface area contributed by atoms with E-state index >= 15 is 0 Å². The third kappa shape index (κ3) is 6.21. The molecule has 0 saturated heterocycles. The molecule has 0 spiro atoms. The molecule has 0 aliphatic heterocycles. The van der Waals surface area contributed by atoms with Crippen molar-refractivity contribution in [2.75, 3.05) is 13.2 Å². The van der Waals surface area contributed by atoms with E-state index in [0.29, 0.717) is 30.1 Å². The average Bonchev–Trinajstić information content (AvgIpc) is 2.69. The van der Waals surface area contributed by atoms with E-state index in [-0.39, 0.29) is 5.78 Å². The van der Waals surface area contributed by atoms with E-state index < -0.39 is 0 Å².